The number of benzene rings is 2. The van der Waals surface area contributed by atoms with Gasteiger partial charge in [-0.2, -0.15) is 9.37 Å². The Hall–Kier alpha value is -2.37. The molecule has 0 radical (unpaired) electrons. The van der Waals surface area contributed by atoms with Gasteiger partial charge >= 0.3 is 11.9 Å². The fourth-order valence-electron chi connectivity index (χ4n) is 2.97. The van der Waals surface area contributed by atoms with Crippen LogP contribution in [-0.4, -0.2) is 27.5 Å². The average Bonchev–Trinajstić information content (AvgIpc) is 3.11. The van der Waals surface area contributed by atoms with Crippen molar-refractivity contribution < 1.29 is 14.2 Å². The smallest absolute Gasteiger partial charge is 0.244 e. The molecule has 0 saturated carbocycles. The number of imide groups is 1. The quantitative estimate of drug-likeness (QED) is 0.765. The fourth-order valence-corrected chi connectivity index (χ4v) is 4.11. The third-order valence-electron chi connectivity index (χ3n) is 4.20. The molecule has 1 atom stereocenters. The summed E-state index contributed by atoms with van der Waals surface area (Å²) in [6, 6.07) is 16.1. The largest absolute Gasteiger partial charge is 0.506 e. The number of rotatable bonds is 3. The third kappa shape index (κ3) is 2.79. The first-order chi connectivity index (χ1) is 12.2. The molecule has 4 nitrogen and oxygen atoms in total. The second kappa shape index (κ2) is 6.50. The van der Waals surface area contributed by atoms with Crippen LogP contribution in [0.1, 0.15) is 5.56 Å². The molecule has 0 aliphatic carbocycles. The highest BCUT2D eigenvalue weighted by molar-refractivity contribution is 8.04. The number of allylic oxidation sites excluding steroid dienone is 1. The van der Waals surface area contributed by atoms with Gasteiger partial charge in [0.15, 0.2) is 5.25 Å². The van der Waals surface area contributed by atoms with Crippen molar-refractivity contribution in [2.75, 3.05) is 4.90 Å². The number of hydrogen-bond acceptors (Lipinski definition) is 3. The van der Waals surface area contributed by atoms with Crippen molar-refractivity contribution in [1.29, 1.82) is 0 Å². The minimum absolute atomic E-state index is 0.211. The minimum Gasteiger partial charge on any atom is -0.244 e. The molecular formula is C19H14ClN2O2S+. The van der Waals surface area contributed by atoms with Crippen molar-refractivity contribution in [2.24, 2.45) is 0 Å². The van der Waals surface area contributed by atoms with Gasteiger partial charge in [-0.05, 0) is 29.7 Å². The summed E-state index contributed by atoms with van der Waals surface area (Å²) >= 11 is 7.68. The van der Waals surface area contributed by atoms with Gasteiger partial charge in [-0.1, -0.05) is 48.0 Å². The molecule has 0 fully saturated rings. The fraction of sp³-hybridized carbons (Fsp3) is 0.105. The molecule has 4 rings (SSSR count). The Kier molecular flexibility index (Phi) is 4.19. The Bertz CT molecular complexity index is 924. The first kappa shape index (κ1) is 16.1. The predicted octanol–water partition coefficient (Wildman–Crippen LogP) is 4.09. The normalized spacial score (nSPS) is 19.6. The Balaban J connectivity index is 1.79. The zero-order chi connectivity index (χ0) is 17.4. The second-order valence-corrected chi connectivity index (χ2v) is 7.14. The van der Waals surface area contributed by atoms with E-state index < -0.39 is 5.25 Å². The molecule has 0 aromatic heterocycles. The summed E-state index contributed by atoms with van der Waals surface area (Å²) < 4.78 is 1.64. The highest BCUT2D eigenvalue weighted by Crippen LogP contribution is 2.31. The van der Waals surface area contributed by atoms with E-state index in [0.29, 0.717) is 23.0 Å². The summed E-state index contributed by atoms with van der Waals surface area (Å²) in [5.41, 5.74) is 2.14. The SMILES string of the molecule is O=C1C2SC=CC2=[N+](Cc2ccccc2Cl)C(=O)N1c1ccccc1. The molecule has 2 aliphatic heterocycles. The van der Waals surface area contributed by atoms with Crippen LogP contribution in [0.2, 0.25) is 5.02 Å². The van der Waals surface area contributed by atoms with Gasteiger partial charge in [-0.25, -0.2) is 4.79 Å². The van der Waals surface area contributed by atoms with Crippen molar-refractivity contribution in [2.45, 2.75) is 11.8 Å². The molecule has 2 aliphatic rings. The van der Waals surface area contributed by atoms with Gasteiger partial charge in [0, 0.05) is 10.6 Å². The van der Waals surface area contributed by atoms with E-state index in [9.17, 15) is 9.59 Å². The monoisotopic (exact) mass is 369 g/mol. The van der Waals surface area contributed by atoms with Gasteiger partial charge in [0.1, 0.15) is 17.9 Å². The molecule has 1 unspecified atom stereocenters. The maximum absolute atomic E-state index is 13.1. The number of hydrogen-bond donors (Lipinski definition) is 0. The summed E-state index contributed by atoms with van der Waals surface area (Å²) in [4.78, 5) is 27.2. The van der Waals surface area contributed by atoms with Crippen molar-refractivity contribution in [3.8, 4) is 0 Å². The van der Waals surface area contributed by atoms with Crippen molar-refractivity contribution in [1.82, 2.24) is 0 Å². The molecule has 25 heavy (non-hydrogen) atoms. The Labute approximate surface area is 154 Å². The van der Waals surface area contributed by atoms with Gasteiger partial charge in [0.25, 0.3) is 0 Å². The van der Waals surface area contributed by atoms with Crippen LogP contribution in [0.3, 0.4) is 0 Å². The summed E-state index contributed by atoms with van der Waals surface area (Å²) in [5, 5.41) is 2.06. The lowest BCUT2D eigenvalue weighted by molar-refractivity contribution is -0.444. The third-order valence-corrected chi connectivity index (χ3v) is 5.58. The average molecular weight is 370 g/mol. The first-order valence-electron chi connectivity index (χ1n) is 7.79. The van der Waals surface area contributed by atoms with E-state index >= 15 is 0 Å². The molecule has 0 spiro atoms. The minimum atomic E-state index is -0.402. The lowest BCUT2D eigenvalue weighted by Crippen LogP contribution is -2.55. The van der Waals surface area contributed by atoms with E-state index in [0.717, 1.165) is 5.56 Å². The second-order valence-electron chi connectivity index (χ2n) is 5.71. The summed E-state index contributed by atoms with van der Waals surface area (Å²) in [7, 11) is 0. The van der Waals surface area contributed by atoms with Crippen LogP contribution in [0.4, 0.5) is 10.5 Å². The molecule has 124 valence electrons. The van der Waals surface area contributed by atoms with Crippen LogP contribution < -0.4 is 4.90 Å². The lowest BCUT2D eigenvalue weighted by atomic mass is 10.1. The summed E-state index contributed by atoms with van der Waals surface area (Å²) in [6.45, 7) is 0.325. The number of para-hydroxylation sites is 1. The molecule has 6 heteroatoms. The van der Waals surface area contributed by atoms with Crippen LogP contribution in [0.5, 0.6) is 0 Å². The zero-order valence-corrected chi connectivity index (χ0v) is 14.7. The van der Waals surface area contributed by atoms with E-state index in [4.69, 9.17) is 11.6 Å². The molecule has 2 heterocycles. The number of fused-ring (bicyclic) bond motifs is 1. The number of urea groups is 1. The van der Waals surface area contributed by atoms with Gasteiger partial charge in [-0.15, -0.1) is 16.7 Å². The zero-order valence-electron chi connectivity index (χ0n) is 13.1. The van der Waals surface area contributed by atoms with E-state index in [-0.39, 0.29) is 11.9 Å². The Morgan fingerprint density at radius 2 is 1.76 bits per heavy atom. The van der Waals surface area contributed by atoms with Crippen molar-refractivity contribution >= 4 is 46.7 Å². The highest BCUT2D eigenvalue weighted by Gasteiger charge is 2.49. The molecule has 2 aromatic rings. The standard InChI is InChI=1S/C19H14ClN2O2S/c20-15-9-5-4-6-13(15)12-21-16-10-11-25-17(16)18(23)22(19(21)24)14-7-2-1-3-8-14/h1-11,17H,12H2/q+1. The molecule has 0 saturated heterocycles. The number of nitrogens with zero attached hydrogens (tertiary/aromatic N) is 2. The van der Waals surface area contributed by atoms with Crippen molar-refractivity contribution in [3.63, 3.8) is 0 Å². The number of anilines is 1. The van der Waals surface area contributed by atoms with E-state index in [1.807, 2.05) is 47.9 Å². The van der Waals surface area contributed by atoms with Crippen LogP contribution in [-0.2, 0) is 11.3 Å². The highest BCUT2D eigenvalue weighted by atomic mass is 35.5. The number of carbonyl (C=O) groups is 2. The van der Waals surface area contributed by atoms with Crippen LogP contribution in [0.15, 0.2) is 66.1 Å². The molecule has 0 bridgehead atoms. The van der Waals surface area contributed by atoms with Crippen molar-refractivity contribution in [3.05, 3.63) is 76.7 Å². The number of carbonyl (C=O) groups excluding carboxylic acids is 2. The van der Waals surface area contributed by atoms with Gasteiger partial charge in [0.2, 0.25) is 0 Å². The van der Waals surface area contributed by atoms with Gasteiger partial charge in [-0.3, -0.25) is 0 Å². The molecule has 2 aromatic carbocycles. The van der Waals surface area contributed by atoms with Gasteiger partial charge in [0.05, 0.1) is 0 Å². The first-order valence-corrected chi connectivity index (χ1v) is 9.11. The van der Waals surface area contributed by atoms with Crippen LogP contribution in [0, 0.1) is 0 Å². The Morgan fingerprint density at radius 3 is 2.52 bits per heavy atom. The van der Waals surface area contributed by atoms with E-state index in [1.165, 1.54) is 16.7 Å². The summed E-state index contributed by atoms with van der Waals surface area (Å²) in [6.07, 6.45) is 1.84. The van der Waals surface area contributed by atoms with E-state index in [2.05, 4.69) is 0 Å². The maximum Gasteiger partial charge on any atom is 0.506 e. The number of amides is 3. The number of thioether (sulfide) groups is 1. The lowest BCUT2D eigenvalue weighted by Gasteiger charge is -2.24. The topological polar surface area (TPSA) is 40.4 Å². The molecular weight excluding hydrogens is 356 g/mol. The molecule has 0 N–H and O–H groups in total. The van der Waals surface area contributed by atoms with E-state index in [1.54, 1.807) is 22.8 Å². The predicted molar refractivity (Wildman–Crippen MR) is 100 cm³/mol. The summed E-state index contributed by atoms with van der Waals surface area (Å²) in [5.74, 6) is -0.211. The van der Waals surface area contributed by atoms with Crippen LogP contribution >= 0.6 is 23.4 Å². The Morgan fingerprint density at radius 1 is 1.04 bits per heavy atom. The number of halogens is 1. The maximum atomic E-state index is 13.1. The van der Waals surface area contributed by atoms with Crippen LogP contribution in [0.25, 0.3) is 0 Å². The molecule has 3 amide bonds. The van der Waals surface area contributed by atoms with Gasteiger partial charge < -0.3 is 0 Å².